The quantitative estimate of drug-likeness (QED) is 0.677. The Morgan fingerprint density at radius 1 is 0.591 bits per heavy atom. The van der Waals surface area contributed by atoms with Gasteiger partial charge in [0, 0.05) is 0 Å². The van der Waals surface area contributed by atoms with Crippen LogP contribution in [0.5, 0.6) is 0 Å². The van der Waals surface area contributed by atoms with Crippen molar-refractivity contribution in [3.63, 3.8) is 0 Å². The first-order valence-electron chi connectivity index (χ1n) is 6.13. The summed E-state index contributed by atoms with van der Waals surface area (Å²) in [7, 11) is 0. The van der Waals surface area contributed by atoms with Crippen molar-refractivity contribution in [2.45, 2.75) is 0 Å². The lowest BCUT2D eigenvalue weighted by atomic mass is 10.1. The van der Waals surface area contributed by atoms with E-state index in [0.717, 1.165) is 24.8 Å². The molecule has 22 heavy (non-hydrogen) atoms. The third-order valence-corrected chi connectivity index (χ3v) is 2.97. The third kappa shape index (κ3) is 2.41. The molecule has 0 bridgehead atoms. The van der Waals surface area contributed by atoms with E-state index in [2.05, 4.69) is 15.0 Å². The number of halogens is 4. The van der Waals surface area contributed by atoms with Crippen LogP contribution in [-0.2, 0) is 0 Å². The van der Waals surface area contributed by atoms with E-state index in [1.807, 2.05) is 0 Å². The second-order valence-corrected chi connectivity index (χ2v) is 4.36. The molecule has 0 aliphatic rings. The zero-order chi connectivity index (χ0) is 15.7. The molecule has 110 valence electrons. The average molecular weight is 305 g/mol. The Bertz CT molecular complexity index is 745. The van der Waals surface area contributed by atoms with Gasteiger partial charge in [0.25, 0.3) is 0 Å². The van der Waals surface area contributed by atoms with Gasteiger partial charge in [-0.25, -0.2) is 22.5 Å². The molecule has 0 fully saturated rings. The Kier molecular flexibility index (Phi) is 3.54. The number of rotatable bonds is 2. The molecule has 0 saturated heterocycles. The van der Waals surface area contributed by atoms with Gasteiger partial charge in [-0.1, -0.05) is 6.07 Å². The Labute approximate surface area is 122 Å². The summed E-state index contributed by atoms with van der Waals surface area (Å²) in [5.74, 6) is -3.67. The maximum atomic E-state index is 13.7. The van der Waals surface area contributed by atoms with Crippen LogP contribution in [0.1, 0.15) is 0 Å². The highest BCUT2D eigenvalue weighted by Crippen LogP contribution is 2.28. The van der Waals surface area contributed by atoms with E-state index in [1.165, 1.54) is 18.2 Å². The Balaban J connectivity index is 2.19. The molecule has 3 heterocycles. The third-order valence-electron chi connectivity index (χ3n) is 2.97. The van der Waals surface area contributed by atoms with Crippen molar-refractivity contribution in [3.05, 3.63) is 66.3 Å². The van der Waals surface area contributed by atoms with Crippen LogP contribution in [0.4, 0.5) is 17.6 Å². The Hall–Kier alpha value is -2.83. The molecule has 0 radical (unpaired) electrons. The predicted octanol–water partition coefficient (Wildman–Crippen LogP) is 3.76. The monoisotopic (exact) mass is 305 g/mol. The minimum absolute atomic E-state index is 0.0921. The molecule has 3 rings (SSSR count). The van der Waals surface area contributed by atoms with Gasteiger partial charge < -0.3 is 0 Å². The lowest BCUT2D eigenvalue weighted by Gasteiger charge is -2.08. The molecular formula is C15H7F4N3. The summed E-state index contributed by atoms with van der Waals surface area (Å²) < 4.78 is 54.9. The fourth-order valence-corrected chi connectivity index (χ4v) is 2.03. The van der Waals surface area contributed by atoms with Gasteiger partial charge in [-0.15, -0.1) is 0 Å². The van der Waals surface area contributed by atoms with Crippen molar-refractivity contribution in [1.82, 2.24) is 15.0 Å². The summed E-state index contributed by atoms with van der Waals surface area (Å²) in [4.78, 5) is 10.7. The van der Waals surface area contributed by atoms with Crippen LogP contribution in [-0.4, -0.2) is 15.0 Å². The molecule has 0 N–H and O–H groups in total. The summed E-state index contributed by atoms with van der Waals surface area (Å²) in [5, 5.41) is 0. The van der Waals surface area contributed by atoms with Crippen LogP contribution in [0.15, 0.2) is 43.0 Å². The molecule has 0 aliphatic carbocycles. The predicted molar refractivity (Wildman–Crippen MR) is 70.5 cm³/mol. The van der Waals surface area contributed by atoms with E-state index in [0.29, 0.717) is 0 Å². The van der Waals surface area contributed by atoms with E-state index in [-0.39, 0.29) is 11.4 Å². The van der Waals surface area contributed by atoms with Gasteiger partial charge in [-0.3, -0.25) is 9.97 Å². The molecule has 0 aliphatic heterocycles. The van der Waals surface area contributed by atoms with Crippen LogP contribution in [0.2, 0.25) is 0 Å². The molecule has 0 spiro atoms. The molecular weight excluding hydrogens is 298 g/mol. The zero-order valence-electron chi connectivity index (χ0n) is 10.9. The molecule has 0 aromatic carbocycles. The first kappa shape index (κ1) is 14.1. The number of nitrogens with zero attached hydrogens (tertiary/aromatic N) is 3. The molecule has 3 aromatic rings. The minimum atomic E-state index is -0.916. The van der Waals surface area contributed by atoms with Gasteiger partial charge in [0.2, 0.25) is 0 Å². The summed E-state index contributed by atoms with van der Waals surface area (Å²) in [5.41, 5.74) is -1.01. The smallest absolute Gasteiger partial charge is 0.153 e. The molecule has 0 unspecified atom stereocenters. The van der Waals surface area contributed by atoms with Crippen LogP contribution in [0.25, 0.3) is 22.5 Å². The van der Waals surface area contributed by atoms with E-state index in [9.17, 15) is 17.6 Å². The normalized spacial score (nSPS) is 10.7. The van der Waals surface area contributed by atoms with E-state index < -0.39 is 34.4 Å². The lowest BCUT2D eigenvalue weighted by Crippen LogP contribution is -1.98. The standard InChI is InChI=1S/C15H7F4N3/c16-8-4-20-5-9(17)14(8)12-2-1-3-13(22-12)15-10(18)6-21-7-11(15)19/h1-7H. The van der Waals surface area contributed by atoms with Gasteiger partial charge in [0.05, 0.1) is 47.3 Å². The van der Waals surface area contributed by atoms with Gasteiger partial charge >= 0.3 is 0 Å². The van der Waals surface area contributed by atoms with Gasteiger partial charge in [0.1, 0.15) is 0 Å². The molecule has 0 saturated carbocycles. The zero-order valence-corrected chi connectivity index (χ0v) is 10.9. The van der Waals surface area contributed by atoms with Crippen molar-refractivity contribution in [2.75, 3.05) is 0 Å². The van der Waals surface area contributed by atoms with Crippen molar-refractivity contribution in [1.29, 1.82) is 0 Å². The van der Waals surface area contributed by atoms with Gasteiger partial charge in [-0.05, 0) is 12.1 Å². The second-order valence-electron chi connectivity index (χ2n) is 4.36. The highest BCUT2D eigenvalue weighted by Gasteiger charge is 2.17. The number of aromatic nitrogens is 3. The maximum absolute atomic E-state index is 13.7. The highest BCUT2D eigenvalue weighted by atomic mass is 19.1. The van der Waals surface area contributed by atoms with Crippen molar-refractivity contribution in [3.8, 4) is 22.5 Å². The van der Waals surface area contributed by atoms with Crippen LogP contribution >= 0.6 is 0 Å². The summed E-state index contributed by atoms with van der Waals surface area (Å²) in [6, 6.07) is 4.07. The van der Waals surface area contributed by atoms with E-state index >= 15 is 0 Å². The average Bonchev–Trinajstić information content (AvgIpc) is 2.47. The topological polar surface area (TPSA) is 38.7 Å². The molecule has 3 aromatic heterocycles. The molecule has 0 amide bonds. The van der Waals surface area contributed by atoms with Crippen molar-refractivity contribution >= 4 is 0 Å². The van der Waals surface area contributed by atoms with Crippen LogP contribution in [0.3, 0.4) is 0 Å². The second kappa shape index (κ2) is 5.51. The highest BCUT2D eigenvalue weighted by molar-refractivity contribution is 5.67. The Morgan fingerprint density at radius 2 is 0.955 bits per heavy atom. The minimum Gasteiger partial charge on any atom is -0.259 e. The molecule has 3 nitrogen and oxygen atoms in total. The van der Waals surface area contributed by atoms with Gasteiger partial charge in [0.15, 0.2) is 23.3 Å². The van der Waals surface area contributed by atoms with Crippen molar-refractivity contribution in [2.24, 2.45) is 0 Å². The van der Waals surface area contributed by atoms with E-state index in [4.69, 9.17) is 0 Å². The number of hydrogen-bond donors (Lipinski definition) is 0. The largest absolute Gasteiger partial charge is 0.259 e. The molecule has 7 heteroatoms. The maximum Gasteiger partial charge on any atom is 0.153 e. The SMILES string of the molecule is Fc1cncc(F)c1-c1cccc(-c2c(F)cncc2F)n1. The number of pyridine rings is 3. The fourth-order valence-electron chi connectivity index (χ4n) is 2.03. The summed E-state index contributed by atoms with van der Waals surface area (Å²) in [6.45, 7) is 0. The summed E-state index contributed by atoms with van der Waals surface area (Å²) >= 11 is 0. The first-order chi connectivity index (χ1) is 10.6. The van der Waals surface area contributed by atoms with Crippen LogP contribution < -0.4 is 0 Å². The molecule has 0 atom stereocenters. The number of hydrogen-bond acceptors (Lipinski definition) is 3. The van der Waals surface area contributed by atoms with E-state index in [1.54, 1.807) is 0 Å². The van der Waals surface area contributed by atoms with Gasteiger partial charge in [-0.2, -0.15) is 0 Å². The first-order valence-corrected chi connectivity index (χ1v) is 6.13. The Morgan fingerprint density at radius 3 is 1.32 bits per heavy atom. The summed E-state index contributed by atoms with van der Waals surface area (Å²) in [6.07, 6.45) is 3.33. The fraction of sp³-hybridized carbons (Fsp3) is 0. The van der Waals surface area contributed by atoms with Crippen molar-refractivity contribution < 1.29 is 17.6 Å². The lowest BCUT2D eigenvalue weighted by molar-refractivity contribution is 0.577. The van der Waals surface area contributed by atoms with Crippen LogP contribution in [0, 0.1) is 23.3 Å².